The number of likely N-dealkylation sites (tertiary alicyclic amines) is 1. The molecule has 6 nitrogen and oxygen atoms in total. The van der Waals surface area contributed by atoms with Crippen molar-refractivity contribution in [1.29, 1.82) is 0 Å². The minimum atomic E-state index is 0.0390. The first-order valence-corrected chi connectivity index (χ1v) is 9.06. The standard InChI is InChI=1S/C18H33N3O3/c1-18(2,3)15-8-11-20(12-13-24-15)16(22)14-6-9-21(10-7-14)17(23)19(4)5/h14-15H,6-13H2,1-5H3. The Morgan fingerprint density at radius 3 is 2.08 bits per heavy atom. The summed E-state index contributed by atoms with van der Waals surface area (Å²) in [5, 5.41) is 0. The van der Waals surface area contributed by atoms with Gasteiger partial charge in [-0.15, -0.1) is 0 Å². The average Bonchev–Trinajstić information content (AvgIpc) is 2.79. The minimum Gasteiger partial charge on any atom is -0.376 e. The summed E-state index contributed by atoms with van der Waals surface area (Å²) in [4.78, 5) is 30.2. The molecule has 0 saturated carbocycles. The molecule has 2 fully saturated rings. The maximum absolute atomic E-state index is 12.8. The second-order valence-corrected chi connectivity index (χ2v) is 8.28. The van der Waals surface area contributed by atoms with Crippen molar-refractivity contribution in [3.63, 3.8) is 0 Å². The maximum atomic E-state index is 12.8. The molecule has 0 aromatic carbocycles. The van der Waals surface area contributed by atoms with Crippen molar-refractivity contribution in [3.8, 4) is 0 Å². The van der Waals surface area contributed by atoms with Crippen LogP contribution in [-0.4, -0.2) is 79.6 Å². The summed E-state index contributed by atoms with van der Waals surface area (Å²) in [7, 11) is 3.53. The molecule has 0 aromatic rings. The Labute approximate surface area is 146 Å². The van der Waals surface area contributed by atoms with Gasteiger partial charge in [-0.3, -0.25) is 4.79 Å². The number of urea groups is 1. The van der Waals surface area contributed by atoms with E-state index in [1.54, 1.807) is 19.0 Å². The van der Waals surface area contributed by atoms with Crippen LogP contribution in [0, 0.1) is 11.3 Å². The van der Waals surface area contributed by atoms with Crippen molar-refractivity contribution in [2.45, 2.75) is 46.1 Å². The lowest BCUT2D eigenvalue weighted by Crippen LogP contribution is -2.47. The smallest absolute Gasteiger partial charge is 0.319 e. The highest BCUT2D eigenvalue weighted by atomic mass is 16.5. The molecule has 0 N–H and O–H groups in total. The summed E-state index contributed by atoms with van der Waals surface area (Å²) >= 11 is 0. The van der Waals surface area contributed by atoms with Gasteiger partial charge in [0.25, 0.3) is 0 Å². The number of nitrogens with zero attached hydrogens (tertiary/aromatic N) is 3. The van der Waals surface area contributed by atoms with Gasteiger partial charge >= 0.3 is 6.03 Å². The molecule has 138 valence electrons. The highest BCUT2D eigenvalue weighted by Crippen LogP contribution is 2.28. The first kappa shape index (κ1) is 19.0. The summed E-state index contributed by atoms with van der Waals surface area (Å²) in [5.41, 5.74) is 0.108. The van der Waals surface area contributed by atoms with Gasteiger partial charge in [-0.2, -0.15) is 0 Å². The molecular formula is C18H33N3O3. The Balaban J connectivity index is 1.86. The van der Waals surface area contributed by atoms with Crippen molar-refractivity contribution >= 4 is 11.9 Å². The third kappa shape index (κ3) is 4.62. The summed E-state index contributed by atoms with van der Waals surface area (Å²) in [6.07, 6.45) is 2.62. The molecular weight excluding hydrogens is 306 g/mol. The monoisotopic (exact) mass is 339 g/mol. The van der Waals surface area contributed by atoms with E-state index in [9.17, 15) is 9.59 Å². The van der Waals surface area contributed by atoms with Gasteiger partial charge in [0, 0.05) is 46.2 Å². The molecule has 1 atom stereocenters. The summed E-state index contributed by atoms with van der Waals surface area (Å²) < 4.78 is 5.96. The van der Waals surface area contributed by atoms with Crippen LogP contribution in [-0.2, 0) is 9.53 Å². The zero-order valence-corrected chi connectivity index (χ0v) is 15.9. The molecule has 3 amide bonds. The maximum Gasteiger partial charge on any atom is 0.319 e. The van der Waals surface area contributed by atoms with Crippen LogP contribution < -0.4 is 0 Å². The van der Waals surface area contributed by atoms with Crippen LogP contribution in [0.1, 0.15) is 40.0 Å². The molecule has 2 rings (SSSR count). The van der Waals surface area contributed by atoms with Crippen LogP contribution >= 0.6 is 0 Å². The van der Waals surface area contributed by atoms with Crippen LogP contribution in [0.4, 0.5) is 4.79 Å². The molecule has 0 aromatic heterocycles. The predicted octanol–water partition coefficient (Wildman–Crippen LogP) is 2.04. The fraction of sp³-hybridized carbons (Fsp3) is 0.889. The number of rotatable bonds is 1. The van der Waals surface area contributed by atoms with Crippen molar-refractivity contribution in [1.82, 2.24) is 14.7 Å². The van der Waals surface area contributed by atoms with E-state index < -0.39 is 0 Å². The van der Waals surface area contributed by atoms with Crippen molar-refractivity contribution in [2.24, 2.45) is 11.3 Å². The Bertz CT molecular complexity index is 451. The van der Waals surface area contributed by atoms with Crippen LogP contribution in [0.15, 0.2) is 0 Å². The molecule has 0 bridgehead atoms. The fourth-order valence-corrected chi connectivity index (χ4v) is 3.54. The molecule has 24 heavy (non-hydrogen) atoms. The zero-order chi connectivity index (χ0) is 17.9. The van der Waals surface area contributed by atoms with E-state index in [1.165, 1.54) is 0 Å². The van der Waals surface area contributed by atoms with Gasteiger partial charge in [0.2, 0.25) is 5.91 Å². The lowest BCUT2D eigenvalue weighted by atomic mass is 9.87. The molecule has 2 saturated heterocycles. The van der Waals surface area contributed by atoms with Gasteiger partial charge in [-0.1, -0.05) is 20.8 Å². The summed E-state index contributed by atoms with van der Waals surface area (Å²) in [6, 6.07) is 0.0390. The molecule has 2 heterocycles. The van der Waals surface area contributed by atoms with Crippen LogP contribution in [0.3, 0.4) is 0 Å². The largest absolute Gasteiger partial charge is 0.376 e. The van der Waals surface area contributed by atoms with Crippen LogP contribution in [0.25, 0.3) is 0 Å². The predicted molar refractivity (Wildman–Crippen MR) is 93.8 cm³/mol. The first-order chi connectivity index (χ1) is 11.2. The number of hydrogen-bond donors (Lipinski definition) is 0. The quantitative estimate of drug-likeness (QED) is 0.735. The third-order valence-corrected chi connectivity index (χ3v) is 5.12. The topological polar surface area (TPSA) is 53.1 Å². The second-order valence-electron chi connectivity index (χ2n) is 8.28. The van der Waals surface area contributed by atoms with E-state index in [2.05, 4.69) is 20.8 Å². The summed E-state index contributed by atoms with van der Waals surface area (Å²) in [6.45, 7) is 9.97. The lowest BCUT2D eigenvalue weighted by molar-refractivity contribution is -0.137. The summed E-state index contributed by atoms with van der Waals surface area (Å²) in [5.74, 6) is 0.285. The fourth-order valence-electron chi connectivity index (χ4n) is 3.54. The first-order valence-electron chi connectivity index (χ1n) is 9.06. The average molecular weight is 339 g/mol. The van der Waals surface area contributed by atoms with Gasteiger partial charge in [-0.25, -0.2) is 4.79 Å². The number of carbonyl (C=O) groups is 2. The molecule has 0 aliphatic carbocycles. The number of amides is 3. The van der Waals surface area contributed by atoms with Gasteiger partial charge in [0.15, 0.2) is 0 Å². The number of carbonyl (C=O) groups excluding carboxylic acids is 2. The van der Waals surface area contributed by atoms with Crippen LogP contribution in [0.2, 0.25) is 0 Å². The van der Waals surface area contributed by atoms with Gasteiger partial charge in [0.1, 0.15) is 0 Å². The Kier molecular flexibility index (Phi) is 6.12. The molecule has 0 radical (unpaired) electrons. The van der Waals surface area contributed by atoms with E-state index in [4.69, 9.17) is 4.74 Å². The normalized spacial score (nSPS) is 23.8. The third-order valence-electron chi connectivity index (χ3n) is 5.12. The zero-order valence-electron chi connectivity index (χ0n) is 15.9. The van der Waals surface area contributed by atoms with Crippen LogP contribution in [0.5, 0.6) is 0 Å². The molecule has 1 unspecified atom stereocenters. The highest BCUT2D eigenvalue weighted by Gasteiger charge is 2.33. The van der Waals surface area contributed by atoms with E-state index in [0.717, 1.165) is 25.8 Å². The number of piperidine rings is 1. The lowest BCUT2D eigenvalue weighted by Gasteiger charge is -2.35. The van der Waals surface area contributed by atoms with Gasteiger partial charge in [0.05, 0.1) is 12.7 Å². The SMILES string of the molecule is CN(C)C(=O)N1CCC(C(=O)N2CCOC(C(C)(C)C)CC2)CC1. The van der Waals surface area contributed by atoms with E-state index in [1.807, 2.05) is 9.80 Å². The van der Waals surface area contributed by atoms with E-state index in [0.29, 0.717) is 26.2 Å². The van der Waals surface area contributed by atoms with E-state index in [-0.39, 0.29) is 29.4 Å². The molecule has 2 aliphatic rings. The van der Waals surface area contributed by atoms with Gasteiger partial charge < -0.3 is 19.4 Å². The van der Waals surface area contributed by atoms with Crippen molar-refractivity contribution in [2.75, 3.05) is 46.9 Å². The number of ether oxygens (including phenoxy) is 1. The van der Waals surface area contributed by atoms with Gasteiger partial charge in [-0.05, 0) is 24.7 Å². The molecule has 6 heteroatoms. The molecule has 2 aliphatic heterocycles. The molecule has 0 spiro atoms. The van der Waals surface area contributed by atoms with Crippen molar-refractivity contribution < 1.29 is 14.3 Å². The Hall–Kier alpha value is -1.30. The number of hydrogen-bond acceptors (Lipinski definition) is 3. The Morgan fingerprint density at radius 1 is 0.958 bits per heavy atom. The van der Waals surface area contributed by atoms with E-state index >= 15 is 0 Å². The van der Waals surface area contributed by atoms with Crippen molar-refractivity contribution in [3.05, 3.63) is 0 Å². The minimum absolute atomic E-state index is 0.0390. The second kappa shape index (κ2) is 7.72. The Morgan fingerprint density at radius 2 is 1.54 bits per heavy atom. The highest BCUT2D eigenvalue weighted by molar-refractivity contribution is 5.80.